The van der Waals surface area contributed by atoms with Gasteiger partial charge in [0.2, 0.25) is 6.20 Å². The summed E-state index contributed by atoms with van der Waals surface area (Å²) in [5.74, 6) is 0. The van der Waals surface area contributed by atoms with Crippen LogP contribution in [0.25, 0.3) is 6.08 Å². The van der Waals surface area contributed by atoms with Gasteiger partial charge in [-0.3, -0.25) is 4.84 Å². The van der Waals surface area contributed by atoms with Crippen molar-refractivity contribution in [3.05, 3.63) is 36.2 Å². The predicted octanol–water partition coefficient (Wildman–Crippen LogP) is 1.46. The minimum atomic E-state index is 0.680. The molecular formula is C10H14NO+. The fraction of sp³-hybridized carbons (Fsp3) is 0.300. The number of aromatic nitrogens is 1. The number of nitrogens with zero attached hydrogens (tertiary/aromatic N) is 1. The van der Waals surface area contributed by atoms with E-state index in [2.05, 4.69) is 0 Å². The first-order valence-corrected chi connectivity index (χ1v) is 4.15. The highest BCUT2D eigenvalue weighted by atomic mass is 16.7. The van der Waals surface area contributed by atoms with Crippen LogP contribution in [0.5, 0.6) is 0 Å². The summed E-state index contributed by atoms with van der Waals surface area (Å²) in [7, 11) is 0. The average molecular weight is 164 g/mol. The fourth-order valence-corrected chi connectivity index (χ4v) is 0.998. The summed E-state index contributed by atoms with van der Waals surface area (Å²) in [6.07, 6.45) is 5.90. The number of hydrogen-bond acceptors (Lipinski definition) is 1. The molecule has 1 heterocycles. The number of allylic oxidation sites excluding steroid dienone is 1. The van der Waals surface area contributed by atoms with Crippen molar-refractivity contribution in [2.75, 3.05) is 6.61 Å². The fourth-order valence-electron chi connectivity index (χ4n) is 0.998. The molecule has 0 aliphatic rings. The van der Waals surface area contributed by atoms with Gasteiger partial charge in [0.25, 0.3) is 5.69 Å². The van der Waals surface area contributed by atoms with Crippen molar-refractivity contribution in [1.29, 1.82) is 0 Å². The molecule has 0 atom stereocenters. The molecule has 12 heavy (non-hydrogen) atoms. The molecule has 0 amide bonds. The minimum Gasteiger partial charge on any atom is -0.271 e. The highest BCUT2D eigenvalue weighted by Crippen LogP contribution is 1.92. The van der Waals surface area contributed by atoms with Gasteiger partial charge in [0.05, 0.1) is 0 Å². The van der Waals surface area contributed by atoms with Crippen LogP contribution in [0.2, 0.25) is 0 Å². The number of hydrogen-bond donors (Lipinski definition) is 0. The van der Waals surface area contributed by atoms with Crippen LogP contribution in [-0.4, -0.2) is 6.61 Å². The Morgan fingerprint density at radius 3 is 3.00 bits per heavy atom. The standard InChI is InChI=1S/C10H14NO/c1-3-7-10-8-5-6-9-11(10)12-4-2/h3,5-9H,4H2,1-2H3/q+1. The van der Waals surface area contributed by atoms with Crippen LogP contribution in [-0.2, 0) is 0 Å². The minimum absolute atomic E-state index is 0.680. The van der Waals surface area contributed by atoms with E-state index >= 15 is 0 Å². The van der Waals surface area contributed by atoms with E-state index in [-0.39, 0.29) is 0 Å². The Balaban J connectivity index is 2.91. The summed E-state index contributed by atoms with van der Waals surface area (Å²) in [5, 5.41) is 0. The lowest BCUT2D eigenvalue weighted by Gasteiger charge is -1.96. The zero-order valence-electron chi connectivity index (χ0n) is 7.53. The van der Waals surface area contributed by atoms with Gasteiger partial charge in [-0.05, 0) is 19.9 Å². The number of pyridine rings is 1. The zero-order valence-corrected chi connectivity index (χ0v) is 7.53. The van der Waals surface area contributed by atoms with Crippen molar-refractivity contribution >= 4 is 6.08 Å². The third kappa shape index (κ3) is 2.09. The molecule has 0 spiro atoms. The highest BCUT2D eigenvalue weighted by molar-refractivity contribution is 5.39. The molecule has 0 bridgehead atoms. The Bertz CT molecular complexity index is 268. The summed E-state index contributed by atoms with van der Waals surface area (Å²) >= 11 is 0. The van der Waals surface area contributed by atoms with Crippen LogP contribution >= 0.6 is 0 Å². The first-order valence-electron chi connectivity index (χ1n) is 4.15. The van der Waals surface area contributed by atoms with Gasteiger partial charge in [-0.2, -0.15) is 0 Å². The van der Waals surface area contributed by atoms with Crippen molar-refractivity contribution in [2.24, 2.45) is 0 Å². The molecule has 0 radical (unpaired) electrons. The first-order chi connectivity index (χ1) is 5.88. The number of rotatable bonds is 3. The molecule has 64 valence electrons. The lowest BCUT2D eigenvalue weighted by Crippen LogP contribution is -2.44. The summed E-state index contributed by atoms with van der Waals surface area (Å²) in [6, 6.07) is 5.95. The molecule has 1 aromatic heterocycles. The topological polar surface area (TPSA) is 13.1 Å². The smallest absolute Gasteiger partial charge is 0.257 e. The maximum Gasteiger partial charge on any atom is 0.257 e. The maximum atomic E-state index is 5.35. The van der Waals surface area contributed by atoms with Crippen molar-refractivity contribution in [3.8, 4) is 0 Å². The molecule has 2 heteroatoms. The molecule has 0 saturated heterocycles. The molecule has 0 aliphatic carbocycles. The van der Waals surface area contributed by atoms with E-state index in [9.17, 15) is 0 Å². The average Bonchev–Trinajstić information content (AvgIpc) is 2.09. The van der Waals surface area contributed by atoms with Crippen LogP contribution in [0.1, 0.15) is 19.5 Å². The molecule has 1 aromatic rings. The van der Waals surface area contributed by atoms with Crippen LogP contribution in [0, 0.1) is 0 Å². The molecule has 0 saturated carbocycles. The van der Waals surface area contributed by atoms with Gasteiger partial charge in [-0.1, -0.05) is 6.08 Å². The molecular weight excluding hydrogens is 150 g/mol. The van der Waals surface area contributed by atoms with Gasteiger partial charge in [-0.15, -0.1) is 0 Å². The van der Waals surface area contributed by atoms with Gasteiger partial charge in [-0.25, -0.2) is 0 Å². The van der Waals surface area contributed by atoms with Crippen LogP contribution in [0.3, 0.4) is 0 Å². The Morgan fingerprint density at radius 2 is 2.33 bits per heavy atom. The molecule has 0 fully saturated rings. The molecule has 0 aromatic carbocycles. The van der Waals surface area contributed by atoms with E-state index in [0.717, 1.165) is 5.69 Å². The van der Waals surface area contributed by atoms with Crippen LogP contribution < -0.4 is 9.57 Å². The monoisotopic (exact) mass is 164 g/mol. The largest absolute Gasteiger partial charge is 0.271 e. The molecule has 2 nitrogen and oxygen atoms in total. The molecule has 0 N–H and O–H groups in total. The van der Waals surface area contributed by atoms with E-state index in [4.69, 9.17) is 4.84 Å². The Kier molecular flexibility index (Phi) is 3.33. The third-order valence-electron chi connectivity index (χ3n) is 1.46. The van der Waals surface area contributed by atoms with Crippen molar-refractivity contribution in [2.45, 2.75) is 13.8 Å². The van der Waals surface area contributed by atoms with E-state index < -0.39 is 0 Å². The first kappa shape index (κ1) is 8.78. The molecule has 1 rings (SSSR count). The molecule has 0 aliphatic heterocycles. The quantitative estimate of drug-likeness (QED) is 0.616. The van der Waals surface area contributed by atoms with Gasteiger partial charge < -0.3 is 0 Å². The van der Waals surface area contributed by atoms with Crippen molar-refractivity contribution in [3.63, 3.8) is 0 Å². The van der Waals surface area contributed by atoms with Gasteiger partial charge >= 0.3 is 0 Å². The van der Waals surface area contributed by atoms with E-state index in [1.165, 1.54) is 0 Å². The summed E-state index contributed by atoms with van der Waals surface area (Å²) in [5.41, 5.74) is 1.06. The summed E-state index contributed by atoms with van der Waals surface area (Å²) < 4.78 is 1.76. The van der Waals surface area contributed by atoms with E-state index in [1.807, 2.05) is 50.4 Å². The maximum absolute atomic E-state index is 5.35. The highest BCUT2D eigenvalue weighted by Gasteiger charge is 2.05. The van der Waals surface area contributed by atoms with Crippen molar-refractivity contribution in [1.82, 2.24) is 0 Å². The van der Waals surface area contributed by atoms with E-state index in [0.29, 0.717) is 6.61 Å². The van der Waals surface area contributed by atoms with Gasteiger partial charge in [0.1, 0.15) is 0 Å². The Labute approximate surface area is 73.1 Å². The second-order valence-electron chi connectivity index (χ2n) is 2.37. The third-order valence-corrected chi connectivity index (χ3v) is 1.46. The second kappa shape index (κ2) is 4.54. The zero-order chi connectivity index (χ0) is 8.81. The Morgan fingerprint density at radius 1 is 1.50 bits per heavy atom. The van der Waals surface area contributed by atoms with Crippen LogP contribution in [0.4, 0.5) is 0 Å². The van der Waals surface area contributed by atoms with Crippen LogP contribution in [0.15, 0.2) is 30.5 Å². The second-order valence-corrected chi connectivity index (χ2v) is 2.37. The normalized spacial score (nSPS) is 10.5. The lowest BCUT2D eigenvalue weighted by atomic mass is 10.3. The van der Waals surface area contributed by atoms with Gasteiger partial charge in [0.15, 0.2) is 6.61 Å². The molecule has 0 unspecified atom stereocenters. The lowest BCUT2D eigenvalue weighted by molar-refractivity contribution is -0.892. The van der Waals surface area contributed by atoms with Gasteiger partial charge in [0, 0.05) is 22.9 Å². The Hall–Kier alpha value is -1.31. The SMILES string of the molecule is CC=Cc1cccc[n+]1OCC. The predicted molar refractivity (Wildman–Crippen MR) is 48.5 cm³/mol. The van der Waals surface area contributed by atoms with Crippen molar-refractivity contribution < 1.29 is 9.57 Å². The summed E-state index contributed by atoms with van der Waals surface area (Å²) in [4.78, 5) is 5.35. The summed E-state index contributed by atoms with van der Waals surface area (Å²) in [6.45, 7) is 4.64. The van der Waals surface area contributed by atoms with E-state index in [1.54, 1.807) is 4.73 Å².